The molecule has 0 radical (unpaired) electrons. The molecule has 1 fully saturated rings. The maximum Gasteiger partial charge on any atom is 0.324 e. The molecule has 8 nitrogen and oxygen atoms in total. The van der Waals surface area contributed by atoms with Crippen molar-refractivity contribution < 1.29 is 14.7 Å². The van der Waals surface area contributed by atoms with Crippen LogP contribution in [-0.2, 0) is 17.8 Å². The first kappa shape index (κ1) is 11.5. The molecule has 1 aromatic heterocycles. The third-order valence-corrected chi connectivity index (χ3v) is 2.41. The number of nitrogens with one attached hydrogen (secondary N) is 1. The molecule has 1 aliphatic rings. The van der Waals surface area contributed by atoms with E-state index in [0.717, 1.165) is 4.90 Å². The number of carbonyl (C=O) groups is 2. The minimum atomic E-state index is -0.370. The Bertz CT molecular complexity index is 430. The fraction of sp³-hybridized carbons (Fsp3) is 0.556. The first-order valence-corrected chi connectivity index (χ1v) is 5.29. The zero-order valence-electron chi connectivity index (χ0n) is 9.17. The van der Waals surface area contributed by atoms with Crippen LogP contribution < -0.4 is 5.32 Å². The van der Waals surface area contributed by atoms with Gasteiger partial charge in [-0.15, -0.1) is 5.10 Å². The summed E-state index contributed by atoms with van der Waals surface area (Å²) >= 11 is 0. The van der Waals surface area contributed by atoms with Gasteiger partial charge in [-0.25, -0.2) is 9.48 Å². The maximum atomic E-state index is 11.7. The molecule has 0 spiro atoms. The fourth-order valence-electron chi connectivity index (χ4n) is 1.58. The Morgan fingerprint density at radius 2 is 2.41 bits per heavy atom. The number of hydrogen-bond donors (Lipinski definition) is 2. The molecule has 0 aliphatic carbocycles. The van der Waals surface area contributed by atoms with Gasteiger partial charge in [-0.2, -0.15) is 0 Å². The van der Waals surface area contributed by atoms with E-state index in [9.17, 15) is 9.59 Å². The van der Waals surface area contributed by atoms with Gasteiger partial charge in [0.1, 0.15) is 6.54 Å². The monoisotopic (exact) mass is 239 g/mol. The minimum absolute atomic E-state index is 0.0127. The molecule has 1 aromatic rings. The van der Waals surface area contributed by atoms with Crippen LogP contribution in [0.15, 0.2) is 6.20 Å². The summed E-state index contributed by atoms with van der Waals surface area (Å²) in [4.78, 5) is 24.1. The van der Waals surface area contributed by atoms with E-state index in [-0.39, 0.29) is 25.1 Å². The summed E-state index contributed by atoms with van der Waals surface area (Å²) in [6, 6.07) is -0.370. The van der Waals surface area contributed by atoms with Crippen molar-refractivity contribution in [2.75, 3.05) is 19.7 Å². The Morgan fingerprint density at radius 1 is 1.59 bits per heavy atom. The number of aromatic nitrogens is 3. The number of nitrogens with zero attached hydrogens (tertiary/aromatic N) is 4. The van der Waals surface area contributed by atoms with Crippen LogP contribution >= 0.6 is 0 Å². The van der Waals surface area contributed by atoms with Gasteiger partial charge in [0.25, 0.3) is 5.91 Å². The Balaban J connectivity index is 1.95. The standard InChI is InChI=1S/C9H13N5O3/c15-4-1-7-5-13(12-11-7)6-8(16)14-3-2-10-9(14)17/h5,15H,1-4,6H2,(H,10,17). The van der Waals surface area contributed by atoms with Crippen LogP contribution in [-0.4, -0.2) is 56.6 Å². The number of aliphatic hydroxyl groups excluding tert-OH is 1. The Hall–Kier alpha value is -1.96. The van der Waals surface area contributed by atoms with Crippen LogP contribution in [0.25, 0.3) is 0 Å². The average molecular weight is 239 g/mol. The molecule has 0 aromatic carbocycles. The van der Waals surface area contributed by atoms with Crippen molar-refractivity contribution in [3.63, 3.8) is 0 Å². The van der Waals surface area contributed by atoms with Crippen molar-refractivity contribution in [1.82, 2.24) is 25.2 Å². The van der Waals surface area contributed by atoms with Gasteiger partial charge in [0.15, 0.2) is 0 Å². The van der Waals surface area contributed by atoms with Gasteiger partial charge in [-0.05, 0) is 0 Å². The highest BCUT2D eigenvalue weighted by molar-refractivity contribution is 5.95. The molecule has 2 heterocycles. The molecule has 92 valence electrons. The summed E-state index contributed by atoms with van der Waals surface area (Å²) in [5.41, 5.74) is 0.617. The maximum absolute atomic E-state index is 11.7. The summed E-state index contributed by atoms with van der Waals surface area (Å²) in [5.74, 6) is -0.319. The summed E-state index contributed by atoms with van der Waals surface area (Å²) in [6.07, 6.45) is 1.99. The summed E-state index contributed by atoms with van der Waals surface area (Å²) in [5, 5.41) is 18.8. The average Bonchev–Trinajstić information content (AvgIpc) is 2.88. The Kier molecular flexibility index (Phi) is 3.33. The van der Waals surface area contributed by atoms with Crippen molar-refractivity contribution >= 4 is 11.9 Å². The van der Waals surface area contributed by atoms with Crippen LogP contribution in [0.5, 0.6) is 0 Å². The van der Waals surface area contributed by atoms with E-state index in [4.69, 9.17) is 5.11 Å². The number of urea groups is 1. The van der Waals surface area contributed by atoms with Crippen molar-refractivity contribution in [3.05, 3.63) is 11.9 Å². The number of carbonyl (C=O) groups excluding carboxylic acids is 2. The van der Waals surface area contributed by atoms with E-state index in [1.54, 1.807) is 6.20 Å². The largest absolute Gasteiger partial charge is 0.396 e. The number of hydrogen-bond acceptors (Lipinski definition) is 5. The molecule has 0 unspecified atom stereocenters. The summed E-state index contributed by atoms with van der Waals surface area (Å²) in [6.45, 7) is 0.834. The molecule has 0 atom stereocenters. The van der Waals surface area contributed by atoms with Crippen LogP contribution in [0.2, 0.25) is 0 Å². The van der Waals surface area contributed by atoms with Crippen molar-refractivity contribution in [3.8, 4) is 0 Å². The van der Waals surface area contributed by atoms with Crippen molar-refractivity contribution in [2.24, 2.45) is 0 Å². The third-order valence-electron chi connectivity index (χ3n) is 2.41. The lowest BCUT2D eigenvalue weighted by Crippen LogP contribution is -2.36. The van der Waals surface area contributed by atoms with E-state index in [2.05, 4.69) is 15.6 Å². The van der Waals surface area contributed by atoms with Crippen LogP contribution in [0.3, 0.4) is 0 Å². The lowest BCUT2D eigenvalue weighted by Gasteiger charge is -2.11. The molecular formula is C9H13N5O3. The van der Waals surface area contributed by atoms with Gasteiger partial charge in [-0.1, -0.05) is 5.21 Å². The highest BCUT2D eigenvalue weighted by Gasteiger charge is 2.26. The van der Waals surface area contributed by atoms with E-state index in [1.165, 1.54) is 4.68 Å². The predicted octanol–water partition coefficient (Wildman–Crippen LogP) is -1.64. The van der Waals surface area contributed by atoms with Gasteiger partial charge >= 0.3 is 6.03 Å². The molecule has 2 N–H and O–H groups in total. The van der Waals surface area contributed by atoms with Gasteiger partial charge in [0, 0.05) is 32.3 Å². The third kappa shape index (κ3) is 2.59. The number of rotatable bonds is 4. The second-order valence-corrected chi connectivity index (χ2v) is 3.66. The molecule has 2 rings (SSSR count). The minimum Gasteiger partial charge on any atom is -0.396 e. The number of aliphatic hydroxyl groups is 1. The Labute approximate surface area is 97.2 Å². The van der Waals surface area contributed by atoms with E-state index in [0.29, 0.717) is 25.2 Å². The molecule has 3 amide bonds. The first-order valence-electron chi connectivity index (χ1n) is 5.29. The second-order valence-electron chi connectivity index (χ2n) is 3.66. The molecule has 8 heteroatoms. The van der Waals surface area contributed by atoms with Crippen LogP contribution in [0, 0.1) is 0 Å². The van der Waals surface area contributed by atoms with Crippen molar-refractivity contribution in [2.45, 2.75) is 13.0 Å². The highest BCUT2D eigenvalue weighted by atomic mass is 16.3. The van der Waals surface area contributed by atoms with Gasteiger partial charge in [-0.3, -0.25) is 9.69 Å². The quantitative estimate of drug-likeness (QED) is 0.656. The van der Waals surface area contributed by atoms with Crippen molar-refractivity contribution in [1.29, 1.82) is 0 Å². The Morgan fingerprint density at radius 3 is 3.06 bits per heavy atom. The molecule has 0 bridgehead atoms. The van der Waals surface area contributed by atoms with E-state index < -0.39 is 0 Å². The van der Waals surface area contributed by atoms with Gasteiger partial charge in [0.05, 0.1) is 5.69 Å². The normalized spacial score (nSPS) is 15.1. The lowest BCUT2D eigenvalue weighted by molar-refractivity contribution is -0.128. The number of imide groups is 1. The number of amides is 3. The van der Waals surface area contributed by atoms with E-state index in [1.807, 2.05) is 0 Å². The lowest BCUT2D eigenvalue weighted by atomic mass is 10.3. The smallest absolute Gasteiger partial charge is 0.324 e. The molecule has 1 saturated heterocycles. The van der Waals surface area contributed by atoms with E-state index >= 15 is 0 Å². The second kappa shape index (κ2) is 4.91. The topological polar surface area (TPSA) is 100 Å². The zero-order chi connectivity index (χ0) is 12.3. The summed E-state index contributed by atoms with van der Waals surface area (Å²) < 4.78 is 1.36. The predicted molar refractivity (Wildman–Crippen MR) is 55.9 cm³/mol. The van der Waals surface area contributed by atoms with Crippen LogP contribution in [0.4, 0.5) is 4.79 Å². The zero-order valence-corrected chi connectivity index (χ0v) is 9.17. The summed E-state index contributed by atoms with van der Waals surface area (Å²) in [7, 11) is 0. The molecular weight excluding hydrogens is 226 g/mol. The molecule has 1 aliphatic heterocycles. The molecule has 0 saturated carbocycles. The van der Waals surface area contributed by atoms with Gasteiger partial charge in [0.2, 0.25) is 0 Å². The SMILES string of the molecule is O=C(Cn1cc(CCO)nn1)N1CCNC1=O. The fourth-order valence-corrected chi connectivity index (χ4v) is 1.58. The highest BCUT2D eigenvalue weighted by Crippen LogP contribution is 2.00. The van der Waals surface area contributed by atoms with Crippen LogP contribution in [0.1, 0.15) is 5.69 Å². The molecule has 17 heavy (non-hydrogen) atoms. The van der Waals surface area contributed by atoms with Gasteiger partial charge < -0.3 is 10.4 Å². The first-order chi connectivity index (χ1) is 8.20.